The van der Waals surface area contributed by atoms with Crippen LogP contribution in [0, 0.1) is 5.92 Å². The first-order chi connectivity index (χ1) is 6.68. The summed E-state index contributed by atoms with van der Waals surface area (Å²) in [4.78, 5) is 18.2. The fraction of sp³-hybridized carbons (Fsp3) is 0.600. The minimum atomic E-state index is -0.214. The highest BCUT2D eigenvalue weighted by Crippen LogP contribution is 2.37. The van der Waals surface area contributed by atoms with Gasteiger partial charge in [0.2, 0.25) is 0 Å². The third kappa shape index (κ3) is 1.52. The van der Waals surface area contributed by atoms with Crippen molar-refractivity contribution in [1.29, 1.82) is 0 Å². The fourth-order valence-electron chi connectivity index (χ4n) is 2.16. The number of aromatic amines is 1. The van der Waals surface area contributed by atoms with E-state index in [1.165, 1.54) is 19.0 Å². The van der Waals surface area contributed by atoms with Gasteiger partial charge in [-0.05, 0) is 18.8 Å². The van der Waals surface area contributed by atoms with Crippen molar-refractivity contribution in [2.75, 3.05) is 5.73 Å². The first kappa shape index (κ1) is 9.24. The Morgan fingerprint density at radius 2 is 2.36 bits per heavy atom. The van der Waals surface area contributed by atoms with Crippen LogP contribution in [-0.2, 0) is 0 Å². The Balaban J connectivity index is 2.32. The summed E-state index contributed by atoms with van der Waals surface area (Å²) in [5, 5.41) is 0. The Bertz CT molecular complexity index is 385. The van der Waals surface area contributed by atoms with Gasteiger partial charge in [-0.1, -0.05) is 13.3 Å². The number of nitrogen functional groups attached to an aromatic ring is 1. The van der Waals surface area contributed by atoms with Crippen LogP contribution < -0.4 is 11.3 Å². The SMILES string of the molecule is CC1CCCC1c1ncc(N)c(=O)[nH]1. The molecule has 1 fully saturated rings. The topological polar surface area (TPSA) is 71.8 Å². The number of nitrogens with two attached hydrogens (primary N) is 1. The third-order valence-corrected chi connectivity index (χ3v) is 3.06. The summed E-state index contributed by atoms with van der Waals surface area (Å²) in [5.41, 5.74) is 5.40. The summed E-state index contributed by atoms with van der Waals surface area (Å²) in [6, 6.07) is 0. The van der Waals surface area contributed by atoms with Gasteiger partial charge in [0.25, 0.3) is 5.56 Å². The molecule has 1 aliphatic rings. The van der Waals surface area contributed by atoms with Crippen molar-refractivity contribution < 1.29 is 0 Å². The Morgan fingerprint density at radius 1 is 1.57 bits per heavy atom. The Morgan fingerprint density at radius 3 is 2.93 bits per heavy atom. The number of aromatic nitrogens is 2. The first-order valence-corrected chi connectivity index (χ1v) is 5.03. The molecule has 1 aromatic rings. The maximum atomic E-state index is 11.3. The Labute approximate surface area is 82.6 Å². The number of hydrogen-bond donors (Lipinski definition) is 2. The number of anilines is 1. The standard InChI is InChI=1S/C10H15N3O/c1-6-3-2-4-7(6)9-12-5-8(11)10(14)13-9/h5-7H,2-4,11H2,1H3,(H,12,13,14). The number of nitrogens with zero attached hydrogens (tertiary/aromatic N) is 1. The van der Waals surface area contributed by atoms with Gasteiger partial charge in [-0.2, -0.15) is 0 Å². The van der Waals surface area contributed by atoms with E-state index in [0.717, 1.165) is 12.2 Å². The smallest absolute Gasteiger partial charge is 0.274 e. The predicted octanol–water partition coefficient (Wildman–Crippen LogP) is 1.26. The van der Waals surface area contributed by atoms with Crippen LogP contribution in [0.15, 0.2) is 11.0 Å². The second-order valence-electron chi connectivity index (χ2n) is 4.07. The molecule has 76 valence electrons. The van der Waals surface area contributed by atoms with E-state index >= 15 is 0 Å². The van der Waals surface area contributed by atoms with Crippen LogP contribution in [0.3, 0.4) is 0 Å². The van der Waals surface area contributed by atoms with E-state index in [0.29, 0.717) is 11.8 Å². The minimum absolute atomic E-state index is 0.194. The van der Waals surface area contributed by atoms with Crippen molar-refractivity contribution in [1.82, 2.24) is 9.97 Å². The van der Waals surface area contributed by atoms with Gasteiger partial charge in [-0.15, -0.1) is 0 Å². The highest BCUT2D eigenvalue weighted by Gasteiger charge is 2.26. The van der Waals surface area contributed by atoms with Crippen LogP contribution in [0.25, 0.3) is 0 Å². The molecule has 0 radical (unpaired) electrons. The summed E-state index contributed by atoms with van der Waals surface area (Å²) in [6.45, 7) is 2.20. The summed E-state index contributed by atoms with van der Waals surface area (Å²) in [5.74, 6) is 1.82. The fourth-order valence-corrected chi connectivity index (χ4v) is 2.16. The summed E-state index contributed by atoms with van der Waals surface area (Å²) in [7, 11) is 0. The molecule has 0 aromatic carbocycles. The van der Waals surface area contributed by atoms with Crippen molar-refractivity contribution in [3.8, 4) is 0 Å². The van der Waals surface area contributed by atoms with Gasteiger partial charge >= 0.3 is 0 Å². The molecule has 3 N–H and O–H groups in total. The minimum Gasteiger partial charge on any atom is -0.393 e. The largest absolute Gasteiger partial charge is 0.393 e. The predicted molar refractivity (Wildman–Crippen MR) is 55.0 cm³/mol. The van der Waals surface area contributed by atoms with Crippen LogP contribution in [0.1, 0.15) is 37.9 Å². The van der Waals surface area contributed by atoms with Crippen LogP contribution >= 0.6 is 0 Å². The average molecular weight is 193 g/mol. The van der Waals surface area contributed by atoms with E-state index in [-0.39, 0.29) is 11.2 Å². The number of H-pyrrole nitrogens is 1. The van der Waals surface area contributed by atoms with Crippen LogP contribution in [0.5, 0.6) is 0 Å². The molecule has 1 heterocycles. The highest BCUT2D eigenvalue weighted by molar-refractivity contribution is 5.30. The van der Waals surface area contributed by atoms with Gasteiger partial charge < -0.3 is 10.7 Å². The summed E-state index contributed by atoms with van der Waals surface area (Å²) < 4.78 is 0. The molecule has 1 aliphatic carbocycles. The summed E-state index contributed by atoms with van der Waals surface area (Å²) >= 11 is 0. The zero-order chi connectivity index (χ0) is 10.1. The molecule has 1 aromatic heterocycles. The third-order valence-electron chi connectivity index (χ3n) is 3.06. The second kappa shape index (κ2) is 3.44. The first-order valence-electron chi connectivity index (χ1n) is 5.03. The van der Waals surface area contributed by atoms with Crippen molar-refractivity contribution >= 4 is 5.69 Å². The zero-order valence-electron chi connectivity index (χ0n) is 8.29. The van der Waals surface area contributed by atoms with Gasteiger partial charge in [-0.25, -0.2) is 4.98 Å². The number of rotatable bonds is 1. The molecule has 4 heteroatoms. The summed E-state index contributed by atoms with van der Waals surface area (Å²) in [6.07, 6.45) is 5.02. The Kier molecular flexibility index (Phi) is 2.27. The lowest BCUT2D eigenvalue weighted by molar-refractivity contribution is 0.508. The van der Waals surface area contributed by atoms with Crippen LogP contribution in [0.2, 0.25) is 0 Å². The maximum Gasteiger partial charge on any atom is 0.274 e. The molecular weight excluding hydrogens is 178 g/mol. The number of nitrogens with one attached hydrogen (secondary N) is 1. The Hall–Kier alpha value is -1.32. The van der Waals surface area contributed by atoms with Crippen LogP contribution in [-0.4, -0.2) is 9.97 Å². The molecule has 0 bridgehead atoms. The molecular formula is C10H15N3O. The molecule has 14 heavy (non-hydrogen) atoms. The van der Waals surface area contributed by atoms with E-state index in [1.807, 2.05) is 0 Å². The highest BCUT2D eigenvalue weighted by atomic mass is 16.1. The lowest BCUT2D eigenvalue weighted by Gasteiger charge is -2.13. The zero-order valence-corrected chi connectivity index (χ0v) is 8.29. The van der Waals surface area contributed by atoms with Crippen molar-refractivity contribution in [3.05, 3.63) is 22.4 Å². The van der Waals surface area contributed by atoms with E-state index in [4.69, 9.17) is 5.73 Å². The lowest BCUT2D eigenvalue weighted by Crippen LogP contribution is -2.18. The maximum absolute atomic E-state index is 11.3. The van der Waals surface area contributed by atoms with Crippen molar-refractivity contribution in [2.24, 2.45) is 5.92 Å². The molecule has 1 saturated carbocycles. The quantitative estimate of drug-likeness (QED) is 0.705. The van der Waals surface area contributed by atoms with Gasteiger partial charge in [-0.3, -0.25) is 4.79 Å². The van der Waals surface area contributed by atoms with Gasteiger partial charge in [0.05, 0.1) is 6.20 Å². The average Bonchev–Trinajstić information content (AvgIpc) is 2.57. The van der Waals surface area contributed by atoms with Crippen molar-refractivity contribution in [2.45, 2.75) is 32.1 Å². The van der Waals surface area contributed by atoms with E-state index in [2.05, 4.69) is 16.9 Å². The monoisotopic (exact) mass is 193 g/mol. The van der Waals surface area contributed by atoms with E-state index in [1.54, 1.807) is 0 Å². The molecule has 0 amide bonds. The number of hydrogen-bond acceptors (Lipinski definition) is 3. The van der Waals surface area contributed by atoms with E-state index < -0.39 is 0 Å². The van der Waals surface area contributed by atoms with Gasteiger partial charge in [0.1, 0.15) is 11.5 Å². The molecule has 2 unspecified atom stereocenters. The molecule has 2 rings (SSSR count). The van der Waals surface area contributed by atoms with Gasteiger partial charge in [0, 0.05) is 5.92 Å². The van der Waals surface area contributed by atoms with Crippen LogP contribution in [0.4, 0.5) is 5.69 Å². The molecule has 0 aliphatic heterocycles. The van der Waals surface area contributed by atoms with Gasteiger partial charge in [0.15, 0.2) is 0 Å². The normalized spacial score (nSPS) is 26.6. The lowest BCUT2D eigenvalue weighted by atomic mass is 9.97. The van der Waals surface area contributed by atoms with Crippen molar-refractivity contribution in [3.63, 3.8) is 0 Å². The second-order valence-corrected chi connectivity index (χ2v) is 4.07. The molecule has 2 atom stereocenters. The molecule has 0 saturated heterocycles. The van der Waals surface area contributed by atoms with E-state index in [9.17, 15) is 4.79 Å². The molecule has 4 nitrogen and oxygen atoms in total. The molecule has 0 spiro atoms.